The Balaban J connectivity index is 1.89. The minimum Gasteiger partial charge on any atom is -0.493 e. The average Bonchev–Trinajstić information content (AvgIpc) is 2.87. The standard InChI is InChI=1S/C26H28BrN3O5S/c1-5-23(19-11-14-24(34-3)25(15-19)35-4)28-29-26(31)17-30(21-8-6-7-20(27)16-21)36(32,33)22-12-9-18(2)10-13-22/h6-16H,5,17H2,1-4H3,(H,29,31)/b28-23-. The maximum absolute atomic E-state index is 13.5. The molecule has 3 aromatic rings. The first-order chi connectivity index (χ1) is 17.2. The first kappa shape index (κ1) is 27.2. The number of anilines is 1. The first-order valence-corrected chi connectivity index (χ1v) is 13.4. The summed E-state index contributed by atoms with van der Waals surface area (Å²) in [6.07, 6.45) is 0.521. The van der Waals surface area contributed by atoms with Gasteiger partial charge in [-0.15, -0.1) is 0 Å². The summed E-state index contributed by atoms with van der Waals surface area (Å²) in [6.45, 7) is 3.31. The molecule has 0 spiro atoms. The van der Waals surface area contributed by atoms with Crippen LogP contribution in [-0.2, 0) is 14.8 Å². The summed E-state index contributed by atoms with van der Waals surface area (Å²) in [7, 11) is -0.934. The van der Waals surface area contributed by atoms with E-state index in [2.05, 4.69) is 26.5 Å². The molecule has 0 saturated carbocycles. The van der Waals surface area contributed by atoms with Crippen LogP contribution in [0.2, 0.25) is 0 Å². The van der Waals surface area contributed by atoms with Crippen molar-refractivity contribution in [2.75, 3.05) is 25.1 Å². The van der Waals surface area contributed by atoms with E-state index in [1.807, 2.05) is 19.9 Å². The molecule has 0 radical (unpaired) electrons. The fourth-order valence-electron chi connectivity index (χ4n) is 3.44. The Bertz CT molecular complexity index is 1360. The maximum atomic E-state index is 13.5. The van der Waals surface area contributed by atoms with E-state index in [4.69, 9.17) is 9.47 Å². The monoisotopic (exact) mass is 573 g/mol. The van der Waals surface area contributed by atoms with Gasteiger partial charge in [0.25, 0.3) is 15.9 Å². The summed E-state index contributed by atoms with van der Waals surface area (Å²) in [5.41, 5.74) is 5.12. The van der Waals surface area contributed by atoms with Crippen LogP contribution >= 0.6 is 15.9 Å². The predicted octanol–water partition coefficient (Wildman–Crippen LogP) is 4.90. The van der Waals surface area contributed by atoms with Crippen molar-refractivity contribution in [1.29, 1.82) is 0 Å². The Morgan fingerprint density at radius 3 is 2.31 bits per heavy atom. The van der Waals surface area contributed by atoms with Crippen molar-refractivity contribution in [3.05, 3.63) is 82.3 Å². The van der Waals surface area contributed by atoms with E-state index in [1.54, 1.807) is 55.6 Å². The zero-order valence-electron chi connectivity index (χ0n) is 20.5. The molecule has 3 aromatic carbocycles. The smallest absolute Gasteiger partial charge is 0.264 e. The predicted molar refractivity (Wildman–Crippen MR) is 144 cm³/mol. The van der Waals surface area contributed by atoms with Crippen LogP contribution in [0.25, 0.3) is 0 Å². The average molecular weight is 574 g/mol. The summed E-state index contributed by atoms with van der Waals surface area (Å²) in [5.74, 6) is 0.524. The molecule has 1 amide bonds. The third-order valence-electron chi connectivity index (χ3n) is 5.36. The van der Waals surface area contributed by atoms with Crippen LogP contribution in [0.4, 0.5) is 5.69 Å². The molecule has 1 N–H and O–H groups in total. The second kappa shape index (κ2) is 12.0. The maximum Gasteiger partial charge on any atom is 0.264 e. The van der Waals surface area contributed by atoms with Crippen LogP contribution in [0.1, 0.15) is 24.5 Å². The summed E-state index contributed by atoms with van der Waals surface area (Å²) < 4.78 is 39.4. The molecular weight excluding hydrogens is 546 g/mol. The van der Waals surface area contributed by atoms with Crippen molar-refractivity contribution in [1.82, 2.24) is 5.43 Å². The summed E-state index contributed by atoms with van der Waals surface area (Å²) in [5, 5.41) is 4.26. The molecule has 0 aliphatic carbocycles. The van der Waals surface area contributed by atoms with Gasteiger partial charge in [-0.05, 0) is 61.9 Å². The lowest BCUT2D eigenvalue weighted by Gasteiger charge is -2.24. The van der Waals surface area contributed by atoms with E-state index >= 15 is 0 Å². The highest BCUT2D eigenvalue weighted by Gasteiger charge is 2.27. The number of amides is 1. The lowest BCUT2D eigenvalue weighted by Crippen LogP contribution is -2.39. The normalized spacial score (nSPS) is 11.6. The van der Waals surface area contributed by atoms with Crippen LogP contribution in [-0.4, -0.2) is 40.8 Å². The zero-order valence-corrected chi connectivity index (χ0v) is 22.9. The lowest BCUT2D eigenvalue weighted by molar-refractivity contribution is -0.119. The zero-order chi connectivity index (χ0) is 26.3. The molecule has 0 aromatic heterocycles. The van der Waals surface area contributed by atoms with Gasteiger partial charge in [-0.1, -0.05) is 46.6 Å². The molecule has 0 fully saturated rings. The number of ether oxygens (including phenoxy) is 2. The highest BCUT2D eigenvalue weighted by atomic mass is 79.9. The van der Waals surface area contributed by atoms with Crippen LogP contribution < -0.4 is 19.2 Å². The third kappa shape index (κ3) is 6.44. The van der Waals surface area contributed by atoms with Crippen molar-refractivity contribution in [3.63, 3.8) is 0 Å². The number of carbonyl (C=O) groups excluding carboxylic acids is 1. The number of benzene rings is 3. The van der Waals surface area contributed by atoms with E-state index in [1.165, 1.54) is 19.2 Å². The number of rotatable bonds is 10. The van der Waals surface area contributed by atoms with Crippen molar-refractivity contribution >= 4 is 43.3 Å². The van der Waals surface area contributed by atoms with Gasteiger partial charge in [0.05, 0.1) is 30.5 Å². The Hall–Kier alpha value is -3.37. The molecule has 0 aliphatic heterocycles. The molecule has 3 rings (SSSR count). The Morgan fingerprint density at radius 2 is 1.69 bits per heavy atom. The summed E-state index contributed by atoms with van der Waals surface area (Å²) >= 11 is 3.37. The molecule has 36 heavy (non-hydrogen) atoms. The quantitative estimate of drug-likeness (QED) is 0.275. The largest absolute Gasteiger partial charge is 0.493 e. The number of carbonyl (C=O) groups is 1. The van der Waals surface area contributed by atoms with Crippen LogP contribution in [0.15, 0.2) is 81.2 Å². The molecule has 190 valence electrons. The number of hydrazone groups is 1. The van der Waals surface area contributed by atoms with Crippen molar-refractivity contribution in [2.24, 2.45) is 5.10 Å². The number of aryl methyl sites for hydroxylation is 1. The third-order valence-corrected chi connectivity index (χ3v) is 7.64. The van der Waals surface area contributed by atoms with Crippen LogP contribution in [0.3, 0.4) is 0 Å². The van der Waals surface area contributed by atoms with E-state index < -0.39 is 22.5 Å². The minimum atomic E-state index is -4.02. The molecular formula is C26H28BrN3O5S. The SMILES string of the molecule is CC/C(=N/NC(=O)CN(c1cccc(Br)c1)S(=O)(=O)c1ccc(C)cc1)c1ccc(OC)c(OC)c1. The van der Waals surface area contributed by atoms with E-state index in [0.717, 1.165) is 15.4 Å². The number of hydrogen-bond acceptors (Lipinski definition) is 6. The molecule has 0 saturated heterocycles. The van der Waals surface area contributed by atoms with Gasteiger partial charge in [-0.2, -0.15) is 5.10 Å². The highest BCUT2D eigenvalue weighted by molar-refractivity contribution is 9.10. The van der Waals surface area contributed by atoms with Gasteiger partial charge in [-0.25, -0.2) is 13.8 Å². The van der Waals surface area contributed by atoms with Crippen molar-refractivity contribution in [3.8, 4) is 11.5 Å². The Labute approximate surface area is 220 Å². The summed E-state index contributed by atoms with van der Waals surface area (Å²) in [6, 6.07) is 18.6. The molecule has 0 bridgehead atoms. The molecule has 0 unspecified atom stereocenters. The number of methoxy groups -OCH3 is 2. The number of nitrogens with zero attached hydrogens (tertiary/aromatic N) is 2. The molecule has 10 heteroatoms. The van der Waals surface area contributed by atoms with Gasteiger partial charge >= 0.3 is 0 Å². The van der Waals surface area contributed by atoms with E-state index in [0.29, 0.717) is 33.8 Å². The molecule has 0 atom stereocenters. The van der Waals surface area contributed by atoms with Crippen LogP contribution in [0, 0.1) is 6.92 Å². The number of sulfonamides is 1. The number of hydrogen-bond donors (Lipinski definition) is 1. The Kier molecular flexibility index (Phi) is 9.11. The van der Waals surface area contributed by atoms with E-state index in [-0.39, 0.29) is 4.90 Å². The summed E-state index contributed by atoms with van der Waals surface area (Å²) in [4.78, 5) is 13.0. The second-order valence-electron chi connectivity index (χ2n) is 7.82. The van der Waals surface area contributed by atoms with Gasteiger partial charge in [0.2, 0.25) is 0 Å². The van der Waals surface area contributed by atoms with Crippen LogP contribution in [0.5, 0.6) is 11.5 Å². The molecule has 0 aliphatic rings. The number of halogens is 1. The Morgan fingerprint density at radius 1 is 1.00 bits per heavy atom. The first-order valence-electron chi connectivity index (χ1n) is 11.1. The van der Waals surface area contributed by atoms with E-state index in [9.17, 15) is 13.2 Å². The molecule has 8 nitrogen and oxygen atoms in total. The fourth-order valence-corrected chi connectivity index (χ4v) is 5.24. The van der Waals surface area contributed by atoms with Gasteiger partial charge < -0.3 is 9.47 Å². The highest BCUT2D eigenvalue weighted by Crippen LogP contribution is 2.28. The van der Waals surface area contributed by atoms with Crippen molar-refractivity contribution in [2.45, 2.75) is 25.2 Å². The minimum absolute atomic E-state index is 0.0870. The van der Waals surface area contributed by atoms with Gasteiger partial charge in [0.1, 0.15) is 6.54 Å². The lowest BCUT2D eigenvalue weighted by atomic mass is 10.1. The molecule has 0 heterocycles. The fraction of sp³-hybridized carbons (Fsp3) is 0.231. The van der Waals surface area contributed by atoms with Crippen molar-refractivity contribution < 1.29 is 22.7 Å². The van der Waals surface area contributed by atoms with Gasteiger partial charge in [0.15, 0.2) is 11.5 Å². The topological polar surface area (TPSA) is 97.3 Å². The van der Waals surface area contributed by atoms with Gasteiger partial charge in [0, 0.05) is 10.0 Å². The second-order valence-corrected chi connectivity index (χ2v) is 10.6. The number of nitrogens with one attached hydrogen (secondary N) is 1. The van der Waals surface area contributed by atoms with Gasteiger partial charge in [-0.3, -0.25) is 9.10 Å².